The Bertz CT molecular complexity index is 927. The lowest BCUT2D eigenvalue weighted by Crippen LogP contribution is -2.42. The Morgan fingerprint density at radius 3 is 2.37 bits per heavy atom. The Morgan fingerprint density at radius 1 is 1.26 bits per heavy atom. The number of amides is 1. The Balaban J connectivity index is 2.35. The highest BCUT2D eigenvalue weighted by atomic mass is 16.3. The van der Waals surface area contributed by atoms with Crippen molar-refractivity contribution in [3.63, 3.8) is 0 Å². The van der Waals surface area contributed by atoms with Crippen LogP contribution >= 0.6 is 0 Å². The number of nitriles is 1. The predicted molar refractivity (Wildman–Crippen MR) is 103 cm³/mol. The first-order chi connectivity index (χ1) is 12.6. The first-order valence-electron chi connectivity index (χ1n) is 8.70. The molecule has 0 fully saturated rings. The number of carbonyl (C=O) groups is 1. The van der Waals surface area contributed by atoms with Crippen LogP contribution in [-0.4, -0.2) is 42.1 Å². The summed E-state index contributed by atoms with van der Waals surface area (Å²) in [5, 5.41) is 25.6. The third-order valence-electron chi connectivity index (χ3n) is 4.73. The second kappa shape index (κ2) is 7.66. The van der Waals surface area contributed by atoms with Gasteiger partial charge in [-0.05, 0) is 18.9 Å². The van der Waals surface area contributed by atoms with Gasteiger partial charge in [0, 0.05) is 32.1 Å². The van der Waals surface area contributed by atoms with E-state index in [2.05, 4.69) is 10.6 Å². The van der Waals surface area contributed by atoms with Crippen LogP contribution in [0.5, 0.6) is 0 Å². The number of likely N-dealkylation sites (N-methyl/N-ethyl adjacent to an activating group) is 1. The molecule has 0 aromatic heterocycles. The molecule has 1 amide bonds. The van der Waals surface area contributed by atoms with Crippen molar-refractivity contribution in [2.45, 2.75) is 39.3 Å². The lowest BCUT2D eigenvalue weighted by molar-refractivity contribution is -0.124. The monoisotopic (exact) mass is 372 g/mol. The highest BCUT2D eigenvalue weighted by Crippen LogP contribution is 2.28. The molecule has 3 N–H and O–H groups in total. The van der Waals surface area contributed by atoms with Gasteiger partial charge in [0.15, 0.2) is 0 Å². The fourth-order valence-corrected chi connectivity index (χ4v) is 2.66. The van der Waals surface area contributed by atoms with Crippen molar-refractivity contribution < 1.29 is 9.90 Å². The molecule has 0 heterocycles. The number of carbonyl (C=O) groups excluding carboxylic acids is 1. The molecule has 1 aliphatic rings. The zero-order valence-electron chi connectivity index (χ0n) is 16.1. The van der Waals surface area contributed by atoms with Crippen molar-refractivity contribution >= 4 is 17.3 Å². The van der Waals surface area contributed by atoms with Gasteiger partial charge in [-0.2, -0.15) is 5.26 Å². The molecule has 1 aliphatic carbocycles. The van der Waals surface area contributed by atoms with Crippen molar-refractivity contribution in [2.24, 2.45) is 5.92 Å². The zero-order chi connectivity index (χ0) is 20.5. The molecule has 144 valence electrons. The van der Waals surface area contributed by atoms with E-state index >= 15 is 0 Å². The Morgan fingerprint density at radius 2 is 1.85 bits per heavy atom. The second-order valence-electron chi connectivity index (χ2n) is 7.27. The van der Waals surface area contributed by atoms with E-state index in [-0.39, 0.29) is 41.1 Å². The average Bonchev–Trinajstić information content (AvgIpc) is 2.64. The van der Waals surface area contributed by atoms with Crippen LogP contribution in [0.1, 0.15) is 27.2 Å². The molecule has 0 saturated carbocycles. The van der Waals surface area contributed by atoms with E-state index in [1.165, 1.54) is 25.1 Å². The molecule has 8 heteroatoms. The minimum absolute atomic E-state index is 0.0101. The maximum Gasteiger partial charge on any atom is 0.256 e. The van der Waals surface area contributed by atoms with E-state index in [1.807, 2.05) is 26.8 Å². The highest BCUT2D eigenvalue weighted by molar-refractivity contribution is 5.97. The lowest BCUT2D eigenvalue weighted by Gasteiger charge is -2.28. The van der Waals surface area contributed by atoms with Crippen LogP contribution in [-0.2, 0) is 4.79 Å². The SMILES string of the molecule is CC(C)[C@H](C)Nc1c(NC2CC(C#N)=CC(C(=O)N(C)C)=C2O)c(=O)c1=O. The normalized spacial score (nSPS) is 18.1. The van der Waals surface area contributed by atoms with Crippen molar-refractivity contribution in [1.29, 1.82) is 5.26 Å². The van der Waals surface area contributed by atoms with Crippen LogP contribution in [0.3, 0.4) is 0 Å². The molecule has 0 spiro atoms. The van der Waals surface area contributed by atoms with Crippen LogP contribution in [0.25, 0.3) is 0 Å². The Kier molecular flexibility index (Phi) is 5.74. The lowest BCUT2D eigenvalue weighted by atomic mass is 9.93. The van der Waals surface area contributed by atoms with E-state index in [1.54, 1.807) is 0 Å². The van der Waals surface area contributed by atoms with Crippen LogP contribution in [0, 0.1) is 17.2 Å². The van der Waals surface area contributed by atoms with Crippen LogP contribution < -0.4 is 21.5 Å². The van der Waals surface area contributed by atoms with Gasteiger partial charge in [0.2, 0.25) is 0 Å². The fourth-order valence-electron chi connectivity index (χ4n) is 2.66. The minimum Gasteiger partial charge on any atom is -0.509 e. The number of aliphatic hydroxyl groups excluding tert-OH is 1. The molecule has 0 bridgehead atoms. The molecule has 0 saturated heterocycles. The number of nitrogens with zero attached hydrogens (tertiary/aromatic N) is 2. The fraction of sp³-hybridized carbons (Fsp3) is 0.474. The van der Waals surface area contributed by atoms with Gasteiger partial charge in [0.25, 0.3) is 16.8 Å². The summed E-state index contributed by atoms with van der Waals surface area (Å²) in [6, 6.07) is 1.10. The summed E-state index contributed by atoms with van der Waals surface area (Å²) in [4.78, 5) is 37.5. The number of anilines is 2. The minimum atomic E-state index is -0.846. The molecular weight excluding hydrogens is 348 g/mol. The largest absolute Gasteiger partial charge is 0.509 e. The van der Waals surface area contributed by atoms with Crippen molar-refractivity contribution in [3.05, 3.63) is 43.4 Å². The van der Waals surface area contributed by atoms with Crippen molar-refractivity contribution in [1.82, 2.24) is 4.90 Å². The molecule has 2 atom stereocenters. The summed E-state index contributed by atoms with van der Waals surface area (Å²) in [7, 11) is 3.07. The Hall–Kier alpha value is -3.08. The van der Waals surface area contributed by atoms with Gasteiger partial charge >= 0.3 is 0 Å². The standard InChI is InChI=1S/C19H24N4O4/c1-9(2)10(3)21-14-15(18(26)17(14)25)22-13-7-11(8-20)6-12(16(13)24)19(27)23(4)5/h6,9-10,13,21-22,24H,7H2,1-5H3/t10-,13?/m0/s1. The first kappa shape index (κ1) is 20.2. The van der Waals surface area contributed by atoms with Gasteiger partial charge < -0.3 is 20.6 Å². The van der Waals surface area contributed by atoms with Crippen LogP contribution in [0.4, 0.5) is 11.4 Å². The maximum absolute atomic E-state index is 12.3. The van der Waals surface area contributed by atoms with Gasteiger partial charge in [0.05, 0.1) is 17.7 Å². The molecule has 0 radical (unpaired) electrons. The third kappa shape index (κ3) is 3.87. The predicted octanol–water partition coefficient (Wildman–Crippen LogP) is 1.27. The number of hydrogen-bond acceptors (Lipinski definition) is 7. The molecule has 8 nitrogen and oxygen atoms in total. The van der Waals surface area contributed by atoms with E-state index in [4.69, 9.17) is 0 Å². The van der Waals surface area contributed by atoms with Gasteiger partial charge in [-0.1, -0.05) is 13.8 Å². The van der Waals surface area contributed by atoms with E-state index in [0.29, 0.717) is 5.57 Å². The summed E-state index contributed by atoms with van der Waals surface area (Å²) in [5.41, 5.74) is -0.787. The van der Waals surface area contributed by atoms with E-state index in [9.17, 15) is 24.8 Å². The van der Waals surface area contributed by atoms with Crippen LogP contribution in [0.2, 0.25) is 0 Å². The average molecular weight is 372 g/mol. The maximum atomic E-state index is 12.3. The number of aliphatic hydroxyl groups is 1. The highest BCUT2D eigenvalue weighted by Gasteiger charge is 2.31. The molecule has 1 aromatic rings. The van der Waals surface area contributed by atoms with Gasteiger partial charge in [-0.25, -0.2) is 0 Å². The van der Waals surface area contributed by atoms with E-state index in [0.717, 1.165) is 0 Å². The second-order valence-corrected chi connectivity index (χ2v) is 7.27. The summed E-state index contributed by atoms with van der Waals surface area (Å²) in [6.45, 7) is 5.86. The zero-order valence-corrected chi connectivity index (χ0v) is 16.1. The molecule has 27 heavy (non-hydrogen) atoms. The summed E-state index contributed by atoms with van der Waals surface area (Å²) < 4.78 is 0. The molecule has 1 unspecified atom stereocenters. The van der Waals surface area contributed by atoms with Gasteiger partial charge in [0.1, 0.15) is 17.1 Å². The summed E-state index contributed by atoms with van der Waals surface area (Å²) in [5.74, 6) is -0.477. The molecule has 2 rings (SSSR count). The topological polar surface area (TPSA) is 123 Å². The van der Waals surface area contributed by atoms with E-state index < -0.39 is 22.8 Å². The number of rotatable bonds is 6. The van der Waals surface area contributed by atoms with Crippen LogP contribution in [0.15, 0.2) is 32.6 Å². The number of hydrogen-bond donors (Lipinski definition) is 3. The van der Waals surface area contributed by atoms with Crippen molar-refractivity contribution in [3.8, 4) is 6.07 Å². The quantitative estimate of drug-likeness (QED) is 0.643. The first-order valence-corrected chi connectivity index (χ1v) is 8.70. The number of nitrogens with one attached hydrogen (secondary N) is 2. The molecule has 1 aromatic carbocycles. The third-order valence-corrected chi connectivity index (χ3v) is 4.73. The van der Waals surface area contributed by atoms with Gasteiger partial charge in [-0.15, -0.1) is 0 Å². The van der Waals surface area contributed by atoms with Crippen molar-refractivity contribution in [2.75, 3.05) is 24.7 Å². The molecule has 0 aliphatic heterocycles. The summed E-state index contributed by atoms with van der Waals surface area (Å²) in [6.07, 6.45) is 1.45. The molecular formula is C19H24N4O4. The Labute approximate surface area is 157 Å². The smallest absolute Gasteiger partial charge is 0.256 e. The summed E-state index contributed by atoms with van der Waals surface area (Å²) >= 11 is 0. The van der Waals surface area contributed by atoms with Gasteiger partial charge in [-0.3, -0.25) is 14.4 Å².